The second kappa shape index (κ2) is 4.14. The van der Waals surface area contributed by atoms with Crippen LogP contribution in [0.25, 0.3) is 0 Å². The van der Waals surface area contributed by atoms with Gasteiger partial charge in [0.1, 0.15) is 0 Å². The predicted octanol–water partition coefficient (Wildman–Crippen LogP) is 2.13. The number of thioether (sulfide) groups is 1. The lowest BCUT2D eigenvalue weighted by Gasteiger charge is -2.00. The first-order chi connectivity index (χ1) is 7.27. The van der Waals surface area contributed by atoms with Gasteiger partial charge in [-0.1, -0.05) is 12.1 Å². The van der Waals surface area contributed by atoms with Crippen LogP contribution in [0.2, 0.25) is 0 Å². The largest absolute Gasteiger partial charge is 0.283 e. The van der Waals surface area contributed by atoms with E-state index in [1.807, 2.05) is 0 Å². The van der Waals surface area contributed by atoms with Gasteiger partial charge in [-0.2, -0.15) is 0 Å². The van der Waals surface area contributed by atoms with Crippen molar-refractivity contribution in [1.29, 1.82) is 0 Å². The molecule has 0 unspecified atom stereocenters. The van der Waals surface area contributed by atoms with Gasteiger partial charge in [-0.25, -0.2) is 10.3 Å². The smallest absolute Gasteiger partial charge is 0.258 e. The molecule has 0 atom stereocenters. The topological polar surface area (TPSA) is 69.6 Å². The lowest BCUT2D eigenvalue weighted by molar-refractivity contribution is -0.387. The summed E-state index contributed by atoms with van der Waals surface area (Å²) >= 11 is 1.19. The maximum absolute atomic E-state index is 10.7. The Hall–Kier alpha value is -1.82. The van der Waals surface area contributed by atoms with E-state index in [9.17, 15) is 10.1 Å². The highest BCUT2D eigenvalue weighted by Gasteiger charge is 2.16. The monoisotopic (exact) mass is 220 g/mol. The molecule has 1 aliphatic rings. The van der Waals surface area contributed by atoms with Gasteiger partial charge in [-0.3, -0.25) is 10.1 Å². The van der Waals surface area contributed by atoms with E-state index in [0.29, 0.717) is 10.1 Å². The van der Waals surface area contributed by atoms with E-state index >= 15 is 0 Å². The van der Waals surface area contributed by atoms with Crippen molar-refractivity contribution in [3.8, 4) is 0 Å². The second-order valence-corrected chi connectivity index (χ2v) is 3.67. The van der Waals surface area contributed by atoms with Crippen LogP contribution < -0.4 is 5.32 Å². The van der Waals surface area contributed by atoms with Crippen molar-refractivity contribution in [2.75, 3.05) is 0 Å². The summed E-state index contributed by atoms with van der Waals surface area (Å²) in [5.41, 5.74) is 0.0762. The summed E-state index contributed by atoms with van der Waals surface area (Å²) in [4.78, 5) is 14.8. The first-order valence-corrected chi connectivity index (χ1v) is 4.94. The molecular weight excluding hydrogens is 214 g/mol. The molecule has 1 aliphatic heterocycles. The summed E-state index contributed by atoms with van der Waals surface area (Å²) in [6, 6.07) is 6.52. The summed E-state index contributed by atoms with van der Waals surface area (Å²) in [7, 11) is 0. The molecule has 6 heteroatoms. The van der Waals surface area contributed by atoms with Crippen LogP contribution in [-0.2, 0) is 0 Å². The first-order valence-electron chi connectivity index (χ1n) is 4.12. The van der Waals surface area contributed by atoms with Crippen molar-refractivity contribution in [3.05, 3.63) is 46.8 Å². The number of hydrogen-bond acceptors (Lipinski definition) is 4. The van der Waals surface area contributed by atoms with Crippen LogP contribution in [-0.4, -0.2) is 10.1 Å². The molecule has 0 amide bonds. The maximum atomic E-state index is 10.7. The number of nitro groups is 1. The highest BCUT2D eigenvalue weighted by atomic mass is 32.2. The molecule has 5 nitrogen and oxygen atoms in total. The Bertz CT molecular complexity index is 456. The quantitative estimate of drug-likeness (QED) is 0.566. The standard InChI is InChI=1S/C9H6N3O2S/c13-12(14)7-3-1-2-4-8(7)15-9-10-5-6-11-9/h1-6H. The van der Waals surface area contributed by atoms with Crippen LogP contribution in [0.15, 0.2) is 46.6 Å². The third-order valence-electron chi connectivity index (χ3n) is 1.70. The fraction of sp³-hybridized carbons (Fsp3) is 0. The van der Waals surface area contributed by atoms with Crippen molar-refractivity contribution in [2.45, 2.75) is 4.90 Å². The number of hydrogen-bond donors (Lipinski definition) is 0. The lowest BCUT2D eigenvalue weighted by atomic mass is 10.3. The van der Waals surface area contributed by atoms with Gasteiger partial charge >= 0.3 is 0 Å². The minimum atomic E-state index is -0.411. The van der Waals surface area contributed by atoms with Gasteiger partial charge in [0.15, 0.2) is 5.17 Å². The Morgan fingerprint density at radius 1 is 1.27 bits per heavy atom. The Morgan fingerprint density at radius 2 is 2.07 bits per heavy atom. The lowest BCUT2D eigenvalue weighted by Crippen LogP contribution is -2.01. The molecular formula is C9H6N3O2S. The van der Waals surface area contributed by atoms with E-state index in [1.54, 1.807) is 30.6 Å². The number of aliphatic imine (C=N–C) groups is 1. The Balaban J connectivity index is 2.24. The van der Waals surface area contributed by atoms with E-state index < -0.39 is 4.92 Å². The number of para-hydroxylation sites is 1. The predicted molar refractivity (Wildman–Crippen MR) is 57.7 cm³/mol. The minimum absolute atomic E-state index is 0.0762. The molecule has 15 heavy (non-hydrogen) atoms. The molecule has 0 fully saturated rings. The third-order valence-corrected chi connectivity index (χ3v) is 2.66. The van der Waals surface area contributed by atoms with Crippen LogP contribution in [0.4, 0.5) is 5.69 Å². The van der Waals surface area contributed by atoms with Gasteiger partial charge in [-0.15, -0.1) is 0 Å². The summed E-state index contributed by atoms with van der Waals surface area (Å²) in [5.74, 6) is 0. The molecule has 1 aromatic rings. The normalized spacial score (nSPS) is 13.5. The molecule has 0 saturated carbocycles. The average molecular weight is 220 g/mol. The van der Waals surface area contributed by atoms with Crippen molar-refractivity contribution in [1.82, 2.24) is 5.32 Å². The molecule has 0 spiro atoms. The molecule has 1 radical (unpaired) electrons. The summed E-state index contributed by atoms with van der Waals surface area (Å²) in [6.07, 6.45) is 3.11. The Morgan fingerprint density at radius 3 is 2.73 bits per heavy atom. The van der Waals surface area contributed by atoms with Crippen LogP contribution in [0.5, 0.6) is 0 Å². The maximum Gasteiger partial charge on any atom is 0.283 e. The number of nitrogens with zero attached hydrogens (tertiary/aromatic N) is 3. The van der Waals surface area contributed by atoms with Crippen molar-refractivity contribution in [3.63, 3.8) is 0 Å². The molecule has 0 aromatic heterocycles. The van der Waals surface area contributed by atoms with Crippen molar-refractivity contribution in [2.24, 2.45) is 4.99 Å². The third kappa shape index (κ3) is 2.16. The fourth-order valence-corrected chi connectivity index (χ4v) is 1.89. The van der Waals surface area contributed by atoms with Crippen LogP contribution in [0.3, 0.4) is 0 Å². The zero-order valence-corrected chi connectivity index (χ0v) is 8.35. The van der Waals surface area contributed by atoms with E-state index in [0.717, 1.165) is 0 Å². The SMILES string of the molecule is O=[N+]([O-])c1ccccc1SC1=NC=C[N]1. The fourth-order valence-electron chi connectivity index (χ4n) is 1.07. The van der Waals surface area contributed by atoms with Crippen LogP contribution in [0, 0.1) is 10.1 Å². The molecule has 75 valence electrons. The Labute approximate surface area is 90.1 Å². The number of nitro benzene ring substituents is 1. The van der Waals surface area contributed by atoms with Gasteiger partial charge in [0.25, 0.3) is 5.69 Å². The minimum Gasteiger partial charge on any atom is -0.258 e. The van der Waals surface area contributed by atoms with E-state index in [2.05, 4.69) is 10.3 Å². The molecule has 0 bridgehead atoms. The van der Waals surface area contributed by atoms with Gasteiger partial charge in [0.05, 0.1) is 9.82 Å². The van der Waals surface area contributed by atoms with Crippen LogP contribution in [0.1, 0.15) is 0 Å². The number of amidine groups is 1. The average Bonchev–Trinajstić information content (AvgIpc) is 2.71. The molecule has 1 heterocycles. The number of benzene rings is 1. The summed E-state index contributed by atoms with van der Waals surface area (Å²) in [6.45, 7) is 0. The highest BCUT2D eigenvalue weighted by molar-refractivity contribution is 8.14. The first kappa shape index (κ1) is 9.72. The van der Waals surface area contributed by atoms with Crippen molar-refractivity contribution < 1.29 is 4.92 Å². The molecule has 1 aromatic carbocycles. The van der Waals surface area contributed by atoms with E-state index in [-0.39, 0.29) is 5.69 Å². The van der Waals surface area contributed by atoms with Crippen molar-refractivity contribution >= 4 is 22.6 Å². The molecule has 0 saturated heterocycles. The van der Waals surface area contributed by atoms with Gasteiger partial charge in [0.2, 0.25) is 0 Å². The zero-order chi connectivity index (χ0) is 10.7. The summed E-state index contributed by atoms with van der Waals surface area (Å²) in [5, 5.41) is 15.2. The molecule has 0 aliphatic carbocycles. The van der Waals surface area contributed by atoms with Crippen LogP contribution >= 0.6 is 11.8 Å². The Kier molecular flexibility index (Phi) is 2.68. The van der Waals surface area contributed by atoms with E-state index in [1.165, 1.54) is 17.8 Å². The molecule has 0 N–H and O–H groups in total. The highest BCUT2D eigenvalue weighted by Crippen LogP contribution is 2.29. The second-order valence-electron chi connectivity index (χ2n) is 2.67. The van der Waals surface area contributed by atoms with Gasteiger partial charge in [-0.05, 0) is 17.8 Å². The van der Waals surface area contributed by atoms with Gasteiger partial charge in [0, 0.05) is 18.5 Å². The molecule has 2 rings (SSSR count). The van der Waals surface area contributed by atoms with E-state index in [4.69, 9.17) is 0 Å². The zero-order valence-electron chi connectivity index (χ0n) is 7.53. The number of rotatable bonds is 2. The van der Waals surface area contributed by atoms with Gasteiger partial charge < -0.3 is 0 Å². The summed E-state index contributed by atoms with van der Waals surface area (Å²) < 4.78 is 0.